The van der Waals surface area contributed by atoms with Crippen LogP contribution in [0.3, 0.4) is 0 Å². The molecule has 0 aromatic heterocycles. The maximum absolute atomic E-state index is 12.1. The second-order valence-electron chi connectivity index (χ2n) is 5.77. The van der Waals surface area contributed by atoms with Gasteiger partial charge in [0.1, 0.15) is 5.78 Å². The molecular formula is C18H21Cl2NO5. The second-order valence-corrected chi connectivity index (χ2v) is 6.59. The maximum atomic E-state index is 12.1. The molecule has 0 aliphatic rings. The van der Waals surface area contributed by atoms with Gasteiger partial charge in [-0.25, -0.2) is 4.79 Å². The Labute approximate surface area is 162 Å². The minimum absolute atomic E-state index is 0.0197. The van der Waals surface area contributed by atoms with Crippen LogP contribution in [-0.2, 0) is 19.1 Å². The van der Waals surface area contributed by atoms with Crippen LogP contribution >= 0.6 is 23.2 Å². The summed E-state index contributed by atoms with van der Waals surface area (Å²) in [5.74, 6) is -2.95. The minimum atomic E-state index is -1.18. The predicted molar refractivity (Wildman–Crippen MR) is 101 cm³/mol. The zero-order valence-corrected chi connectivity index (χ0v) is 16.6. The Morgan fingerprint density at radius 1 is 1.23 bits per heavy atom. The van der Waals surface area contributed by atoms with Gasteiger partial charge in [-0.1, -0.05) is 30.1 Å². The monoisotopic (exact) mass is 401 g/mol. The highest BCUT2D eigenvalue weighted by Crippen LogP contribution is 2.33. The van der Waals surface area contributed by atoms with E-state index in [0.717, 1.165) is 6.21 Å². The molecule has 0 saturated heterocycles. The summed E-state index contributed by atoms with van der Waals surface area (Å²) in [5.41, 5.74) is 0.204. The fourth-order valence-corrected chi connectivity index (χ4v) is 2.33. The Balaban J connectivity index is 3.16. The third-order valence-corrected chi connectivity index (χ3v) is 3.70. The van der Waals surface area contributed by atoms with Crippen molar-refractivity contribution in [3.8, 4) is 0 Å². The highest BCUT2D eigenvalue weighted by molar-refractivity contribution is 6.38. The lowest BCUT2D eigenvalue weighted by molar-refractivity contribution is -0.151. The lowest BCUT2D eigenvalue weighted by Gasteiger charge is -2.12. The van der Waals surface area contributed by atoms with Crippen molar-refractivity contribution in [3.63, 3.8) is 0 Å². The number of nitrogens with zero attached hydrogens (tertiary/aromatic N) is 1. The SMILES string of the molecule is CCCOC(=O)c1cc(Cl)cc(N=CC(C(C)=O)C(=O)OC(C)C)c1Cl. The summed E-state index contributed by atoms with van der Waals surface area (Å²) in [6, 6.07) is 2.79. The van der Waals surface area contributed by atoms with Gasteiger partial charge in [0.25, 0.3) is 0 Å². The van der Waals surface area contributed by atoms with Crippen LogP contribution in [0, 0.1) is 5.92 Å². The number of ketones is 1. The van der Waals surface area contributed by atoms with Crippen molar-refractivity contribution in [1.29, 1.82) is 0 Å². The van der Waals surface area contributed by atoms with E-state index >= 15 is 0 Å². The Bertz CT molecular complexity index is 716. The first kappa shape index (κ1) is 22.1. The quantitative estimate of drug-likeness (QED) is 0.365. The van der Waals surface area contributed by atoms with Gasteiger partial charge >= 0.3 is 11.9 Å². The molecule has 0 aliphatic heterocycles. The number of halogens is 2. The van der Waals surface area contributed by atoms with Crippen LogP contribution in [0.2, 0.25) is 10.0 Å². The first-order chi connectivity index (χ1) is 12.2. The molecule has 26 heavy (non-hydrogen) atoms. The summed E-state index contributed by atoms with van der Waals surface area (Å²) in [7, 11) is 0. The molecule has 0 aliphatic carbocycles. The van der Waals surface area contributed by atoms with Gasteiger partial charge in [0.05, 0.1) is 29.0 Å². The smallest absolute Gasteiger partial charge is 0.339 e. The summed E-state index contributed by atoms with van der Waals surface area (Å²) < 4.78 is 10.1. The van der Waals surface area contributed by atoms with Crippen LogP contribution in [0.5, 0.6) is 0 Å². The van der Waals surface area contributed by atoms with E-state index in [2.05, 4.69) is 4.99 Å². The minimum Gasteiger partial charge on any atom is -0.462 e. The molecule has 1 atom stereocenters. The van der Waals surface area contributed by atoms with Gasteiger partial charge in [0, 0.05) is 11.2 Å². The molecule has 0 radical (unpaired) electrons. The predicted octanol–water partition coefficient (Wildman–Crippen LogP) is 4.42. The van der Waals surface area contributed by atoms with Gasteiger partial charge in [-0.15, -0.1) is 0 Å². The number of benzene rings is 1. The Hall–Kier alpha value is -1.92. The summed E-state index contributed by atoms with van der Waals surface area (Å²) in [5, 5.41) is 0.236. The molecule has 0 N–H and O–H groups in total. The van der Waals surface area contributed by atoms with E-state index in [9.17, 15) is 14.4 Å². The van der Waals surface area contributed by atoms with Crippen LogP contribution in [0.4, 0.5) is 5.69 Å². The van der Waals surface area contributed by atoms with Crippen molar-refractivity contribution in [1.82, 2.24) is 0 Å². The van der Waals surface area contributed by atoms with Gasteiger partial charge < -0.3 is 9.47 Å². The van der Waals surface area contributed by atoms with E-state index in [-0.39, 0.29) is 34.0 Å². The molecule has 0 fully saturated rings. The summed E-state index contributed by atoms with van der Waals surface area (Å²) in [4.78, 5) is 39.8. The van der Waals surface area contributed by atoms with Crippen molar-refractivity contribution in [2.75, 3.05) is 6.61 Å². The van der Waals surface area contributed by atoms with Crippen LogP contribution in [0.1, 0.15) is 44.5 Å². The van der Waals surface area contributed by atoms with Gasteiger partial charge in [0.15, 0.2) is 5.92 Å². The van der Waals surface area contributed by atoms with E-state index in [4.69, 9.17) is 32.7 Å². The average molecular weight is 402 g/mol. The third-order valence-electron chi connectivity index (χ3n) is 3.08. The lowest BCUT2D eigenvalue weighted by atomic mass is 10.1. The third kappa shape index (κ3) is 6.42. The number of carbonyl (C=O) groups is 3. The van der Waals surface area contributed by atoms with Crippen molar-refractivity contribution in [2.45, 2.75) is 40.2 Å². The topological polar surface area (TPSA) is 82.0 Å². The maximum Gasteiger partial charge on any atom is 0.339 e. The highest BCUT2D eigenvalue weighted by atomic mass is 35.5. The van der Waals surface area contributed by atoms with Crippen LogP contribution in [0.15, 0.2) is 17.1 Å². The summed E-state index contributed by atoms with van der Waals surface area (Å²) in [6.45, 7) is 6.71. The van der Waals surface area contributed by atoms with Gasteiger partial charge in [-0.2, -0.15) is 0 Å². The first-order valence-corrected chi connectivity index (χ1v) is 8.84. The van der Waals surface area contributed by atoms with Crippen LogP contribution in [-0.4, -0.2) is 36.6 Å². The molecule has 0 amide bonds. The first-order valence-electron chi connectivity index (χ1n) is 8.08. The van der Waals surface area contributed by atoms with E-state index < -0.39 is 23.6 Å². The molecule has 6 nitrogen and oxygen atoms in total. The van der Waals surface area contributed by atoms with E-state index in [1.165, 1.54) is 19.1 Å². The molecule has 0 bridgehead atoms. The van der Waals surface area contributed by atoms with Crippen molar-refractivity contribution in [3.05, 3.63) is 27.7 Å². The zero-order chi connectivity index (χ0) is 19.9. The van der Waals surface area contributed by atoms with Crippen LogP contribution < -0.4 is 0 Å². The molecule has 142 valence electrons. The number of Topliss-reactive ketones (excluding diaryl/α,β-unsaturated/α-hetero) is 1. The molecule has 1 rings (SSSR count). The van der Waals surface area contributed by atoms with Crippen molar-refractivity contribution >= 4 is 52.8 Å². The average Bonchev–Trinajstić information content (AvgIpc) is 2.54. The van der Waals surface area contributed by atoms with Crippen LogP contribution in [0.25, 0.3) is 0 Å². The van der Waals surface area contributed by atoms with Crippen molar-refractivity contribution in [2.24, 2.45) is 10.9 Å². The number of rotatable bonds is 8. The number of esters is 2. The fourth-order valence-electron chi connectivity index (χ4n) is 1.88. The van der Waals surface area contributed by atoms with E-state index in [1.54, 1.807) is 13.8 Å². The molecule has 1 aromatic carbocycles. The Kier molecular flexibility index (Phi) is 8.75. The fraction of sp³-hybridized carbons (Fsp3) is 0.444. The second kappa shape index (κ2) is 10.3. The molecule has 0 spiro atoms. The van der Waals surface area contributed by atoms with E-state index in [0.29, 0.717) is 6.42 Å². The van der Waals surface area contributed by atoms with Crippen molar-refractivity contribution < 1.29 is 23.9 Å². The van der Waals surface area contributed by atoms with Gasteiger partial charge in [-0.05, 0) is 39.3 Å². The van der Waals surface area contributed by atoms with E-state index in [1.807, 2.05) is 6.92 Å². The molecular weight excluding hydrogens is 381 g/mol. The number of carbonyl (C=O) groups excluding carboxylic acids is 3. The number of hydrogen-bond acceptors (Lipinski definition) is 6. The van der Waals surface area contributed by atoms with Gasteiger partial charge in [-0.3, -0.25) is 14.6 Å². The Morgan fingerprint density at radius 3 is 2.42 bits per heavy atom. The molecule has 1 aromatic rings. The highest BCUT2D eigenvalue weighted by Gasteiger charge is 2.24. The molecule has 0 heterocycles. The van der Waals surface area contributed by atoms with Gasteiger partial charge in [0.2, 0.25) is 0 Å². The lowest BCUT2D eigenvalue weighted by Crippen LogP contribution is -2.27. The Morgan fingerprint density at radius 2 is 1.88 bits per heavy atom. The number of ether oxygens (including phenoxy) is 2. The molecule has 0 saturated carbocycles. The summed E-state index contributed by atoms with van der Waals surface area (Å²) >= 11 is 12.2. The normalized spacial score (nSPS) is 12.3. The summed E-state index contributed by atoms with van der Waals surface area (Å²) in [6.07, 6.45) is 1.42. The zero-order valence-electron chi connectivity index (χ0n) is 15.0. The number of aliphatic imine (C=N–C) groups is 1. The number of hydrogen-bond donors (Lipinski definition) is 0. The molecule has 8 heteroatoms. The standard InChI is InChI=1S/C18H21Cl2NO5/c1-5-6-25-17(23)13-7-12(19)8-15(16(13)20)21-9-14(11(4)22)18(24)26-10(2)3/h7-10,14H,5-6H2,1-4H3. The largest absolute Gasteiger partial charge is 0.462 e. The molecule has 1 unspecified atom stereocenters.